The smallest absolute Gasteiger partial charge is 0.259 e. The summed E-state index contributed by atoms with van der Waals surface area (Å²) in [5.74, 6) is 0.697. The van der Waals surface area contributed by atoms with Gasteiger partial charge in [-0.05, 0) is 67.8 Å². The Morgan fingerprint density at radius 2 is 1.73 bits per heavy atom. The predicted molar refractivity (Wildman–Crippen MR) is 125 cm³/mol. The van der Waals surface area contributed by atoms with Gasteiger partial charge in [0.25, 0.3) is 5.91 Å². The van der Waals surface area contributed by atoms with Crippen molar-refractivity contribution in [2.75, 3.05) is 18.4 Å². The van der Waals surface area contributed by atoms with Gasteiger partial charge >= 0.3 is 0 Å². The van der Waals surface area contributed by atoms with Crippen LogP contribution in [0, 0.1) is 6.92 Å². The molecule has 0 spiro atoms. The third-order valence-corrected chi connectivity index (χ3v) is 7.79. The van der Waals surface area contributed by atoms with Gasteiger partial charge in [0, 0.05) is 24.2 Å². The molecule has 0 aliphatic carbocycles. The van der Waals surface area contributed by atoms with Crippen LogP contribution in [-0.2, 0) is 10.0 Å². The number of nitrogens with one attached hydrogen (secondary N) is 1. The number of carbonyl (C=O) groups is 1. The zero-order chi connectivity index (χ0) is 23.2. The molecule has 5 rings (SSSR count). The second-order valence-electron chi connectivity index (χ2n) is 8.02. The van der Waals surface area contributed by atoms with Crippen molar-refractivity contribution in [1.29, 1.82) is 0 Å². The monoisotopic (exact) mass is 484 g/mol. The molecule has 0 bridgehead atoms. The van der Waals surface area contributed by atoms with Crippen molar-refractivity contribution in [2.24, 2.45) is 0 Å². The number of anilines is 1. The van der Waals surface area contributed by atoms with Gasteiger partial charge in [-0.1, -0.05) is 17.7 Å². The number of hydrogen-bond acceptors (Lipinski definition) is 5. The summed E-state index contributed by atoms with van der Waals surface area (Å²) in [5.41, 5.74) is 1.58. The highest BCUT2D eigenvalue weighted by Crippen LogP contribution is 2.42. The minimum atomic E-state index is -3.89. The predicted octanol–water partition coefficient (Wildman–Crippen LogP) is 5.58. The third-order valence-electron chi connectivity index (χ3n) is 5.62. The zero-order valence-electron chi connectivity index (χ0n) is 17.8. The van der Waals surface area contributed by atoms with E-state index in [0.717, 1.165) is 18.4 Å². The SMILES string of the molecule is Cc1ccc2c(c1)NC(=O)c1cc(S(=O)(=O)N3CCCC3)c(Oc3ccc(Cl)cc3)cc1O2. The number of ether oxygens (including phenoxy) is 2. The Kier molecular flexibility index (Phi) is 5.52. The molecular formula is C24H21ClN2O5S. The van der Waals surface area contributed by atoms with E-state index in [1.54, 1.807) is 36.4 Å². The molecule has 170 valence electrons. The van der Waals surface area contributed by atoms with Crippen LogP contribution < -0.4 is 14.8 Å². The topological polar surface area (TPSA) is 84.9 Å². The summed E-state index contributed by atoms with van der Waals surface area (Å²) >= 11 is 5.97. The number of fused-ring (bicyclic) bond motifs is 2. The number of nitrogens with zero attached hydrogens (tertiary/aromatic N) is 1. The second-order valence-corrected chi connectivity index (χ2v) is 10.4. The quantitative estimate of drug-likeness (QED) is 0.522. The fraction of sp³-hybridized carbons (Fsp3) is 0.208. The van der Waals surface area contributed by atoms with Crippen molar-refractivity contribution < 1.29 is 22.7 Å². The minimum absolute atomic E-state index is 0.0753. The molecule has 1 saturated heterocycles. The standard InChI is InChI=1S/C24H21ClN2O5S/c1-15-4-9-20-19(12-15)26-24(28)18-13-23(33(29,30)27-10-2-3-11-27)22(14-21(18)32-20)31-17-7-5-16(25)6-8-17/h4-9,12-14H,2-3,10-11H2,1H3,(H,26,28). The van der Waals surface area contributed by atoms with Crippen LogP contribution >= 0.6 is 11.6 Å². The van der Waals surface area contributed by atoms with Crippen molar-refractivity contribution in [2.45, 2.75) is 24.7 Å². The lowest BCUT2D eigenvalue weighted by Crippen LogP contribution is -2.28. The number of carbonyl (C=O) groups excluding carboxylic acids is 1. The number of benzene rings is 3. The second kappa shape index (κ2) is 8.37. The van der Waals surface area contributed by atoms with Gasteiger partial charge in [-0.3, -0.25) is 4.79 Å². The largest absolute Gasteiger partial charge is 0.456 e. The Labute approximate surface area is 196 Å². The van der Waals surface area contributed by atoms with E-state index in [9.17, 15) is 13.2 Å². The van der Waals surface area contributed by atoms with Crippen molar-refractivity contribution in [3.05, 3.63) is 70.7 Å². The number of halogens is 1. The van der Waals surface area contributed by atoms with E-state index in [2.05, 4.69) is 5.32 Å². The summed E-state index contributed by atoms with van der Waals surface area (Å²) in [6.45, 7) is 2.75. The van der Waals surface area contributed by atoms with Crippen LogP contribution in [0.2, 0.25) is 5.02 Å². The number of rotatable bonds is 4. The summed E-state index contributed by atoms with van der Waals surface area (Å²) in [5, 5.41) is 3.34. The van der Waals surface area contributed by atoms with Crippen LogP contribution in [0.3, 0.4) is 0 Å². The van der Waals surface area contributed by atoms with Gasteiger partial charge in [-0.15, -0.1) is 0 Å². The average molecular weight is 485 g/mol. The van der Waals surface area contributed by atoms with E-state index in [0.29, 0.717) is 35.3 Å². The first-order valence-corrected chi connectivity index (χ1v) is 12.3. The highest BCUT2D eigenvalue weighted by molar-refractivity contribution is 7.89. The van der Waals surface area contributed by atoms with E-state index < -0.39 is 15.9 Å². The van der Waals surface area contributed by atoms with Crippen LogP contribution in [-0.4, -0.2) is 31.7 Å². The van der Waals surface area contributed by atoms with Crippen LogP contribution in [0.4, 0.5) is 5.69 Å². The molecule has 1 fully saturated rings. The number of aryl methyl sites for hydroxylation is 1. The van der Waals surface area contributed by atoms with Gasteiger partial charge in [0.15, 0.2) is 11.5 Å². The highest BCUT2D eigenvalue weighted by atomic mass is 35.5. The van der Waals surface area contributed by atoms with Crippen molar-refractivity contribution in [3.63, 3.8) is 0 Å². The van der Waals surface area contributed by atoms with E-state index >= 15 is 0 Å². The minimum Gasteiger partial charge on any atom is -0.456 e. The molecule has 1 N–H and O–H groups in total. The first-order chi connectivity index (χ1) is 15.8. The number of amides is 1. The molecular weight excluding hydrogens is 464 g/mol. The van der Waals surface area contributed by atoms with Gasteiger partial charge in [0.05, 0.1) is 11.3 Å². The van der Waals surface area contributed by atoms with Crippen LogP contribution in [0.15, 0.2) is 59.5 Å². The molecule has 1 amide bonds. The molecule has 0 saturated carbocycles. The first kappa shape index (κ1) is 21.8. The van der Waals surface area contributed by atoms with Crippen molar-refractivity contribution in [3.8, 4) is 23.0 Å². The van der Waals surface area contributed by atoms with E-state index in [-0.39, 0.29) is 22.0 Å². The summed E-state index contributed by atoms with van der Waals surface area (Å²) in [6, 6.07) is 14.8. The molecule has 2 aliphatic heterocycles. The maximum absolute atomic E-state index is 13.5. The third kappa shape index (κ3) is 4.17. The molecule has 2 heterocycles. The Hall–Kier alpha value is -3.07. The van der Waals surface area contributed by atoms with Gasteiger partial charge in [0.1, 0.15) is 16.4 Å². The molecule has 7 nitrogen and oxygen atoms in total. The highest BCUT2D eigenvalue weighted by Gasteiger charge is 2.33. The van der Waals surface area contributed by atoms with Crippen molar-refractivity contribution >= 4 is 33.2 Å². The number of hydrogen-bond donors (Lipinski definition) is 1. The Balaban J connectivity index is 1.65. The van der Waals surface area contributed by atoms with E-state index in [1.165, 1.54) is 16.4 Å². The van der Waals surface area contributed by atoms with Gasteiger partial charge in [-0.25, -0.2) is 8.42 Å². The first-order valence-electron chi connectivity index (χ1n) is 10.5. The van der Waals surface area contributed by atoms with Crippen molar-refractivity contribution in [1.82, 2.24) is 4.31 Å². The molecule has 3 aromatic carbocycles. The summed E-state index contributed by atoms with van der Waals surface area (Å²) in [7, 11) is -3.89. The van der Waals surface area contributed by atoms with Gasteiger partial charge in [-0.2, -0.15) is 4.31 Å². The fourth-order valence-corrected chi connectivity index (χ4v) is 5.68. The maximum Gasteiger partial charge on any atom is 0.259 e. The molecule has 0 radical (unpaired) electrons. The molecule has 9 heteroatoms. The summed E-state index contributed by atoms with van der Waals surface area (Å²) in [4.78, 5) is 12.9. The molecule has 0 unspecified atom stereocenters. The average Bonchev–Trinajstić information content (AvgIpc) is 3.29. The van der Waals surface area contributed by atoms with Crippen LogP contribution in [0.25, 0.3) is 0 Å². The summed E-state index contributed by atoms with van der Waals surface area (Å²) in [6.07, 6.45) is 1.58. The lowest BCUT2D eigenvalue weighted by molar-refractivity contribution is 0.102. The normalized spacial score (nSPS) is 15.8. The lowest BCUT2D eigenvalue weighted by atomic mass is 10.1. The molecule has 0 atom stereocenters. The number of sulfonamides is 1. The zero-order valence-corrected chi connectivity index (χ0v) is 19.4. The van der Waals surface area contributed by atoms with Gasteiger partial charge < -0.3 is 14.8 Å². The Morgan fingerprint density at radius 1 is 1.00 bits per heavy atom. The fourth-order valence-electron chi connectivity index (χ4n) is 3.92. The van der Waals surface area contributed by atoms with Crippen LogP contribution in [0.1, 0.15) is 28.8 Å². The Bertz CT molecular complexity index is 1350. The maximum atomic E-state index is 13.5. The van der Waals surface area contributed by atoms with E-state index in [1.807, 2.05) is 13.0 Å². The Morgan fingerprint density at radius 3 is 2.45 bits per heavy atom. The van der Waals surface area contributed by atoms with Crippen LogP contribution in [0.5, 0.6) is 23.0 Å². The summed E-state index contributed by atoms with van der Waals surface area (Å²) < 4.78 is 40.4. The molecule has 3 aromatic rings. The van der Waals surface area contributed by atoms with Gasteiger partial charge in [0.2, 0.25) is 10.0 Å². The lowest BCUT2D eigenvalue weighted by Gasteiger charge is -2.20. The molecule has 0 aromatic heterocycles. The molecule has 33 heavy (non-hydrogen) atoms. The molecule has 2 aliphatic rings. The van der Waals surface area contributed by atoms with E-state index in [4.69, 9.17) is 21.1 Å².